The molecule has 3 rings (SSSR count). The van der Waals surface area contributed by atoms with Crippen molar-refractivity contribution in [3.05, 3.63) is 34.4 Å². The second kappa shape index (κ2) is 15.2. The van der Waals surface area contributed by atoms with Crippen molar-refractivity contribution >= 4 is 23.9 Å². The highest BCUT2D eigenvalue weighted by molar-refractivity contribution is 5.88. The van der Waals surface area contributed by atoms with Gasteiger partial charge in [0.05, 0.1) is 17.8 Å². The van der Waals surface area contributed by atoms with E-state index in [2.05, 4.69) is 0 Å². The molecule has 0 aromatic heterocycles. The van der Waals surface area contributed by atoms with E-state index >= 15 is 0 Å². The Hall–Kier alpha value is -3.10. The summed E-state index contributed by atoms with van der Waals surface area (Å²) in [5.74, 6) is -2.78. The van der Waals surface area contributed by atoms with Crippen LogP contribution in [0.1, 0.15) is 94.9 Å². The van der Waals surface area contributed by atoms with Crippen LogP contribution in [0.25, 0.3) is 0 Å². The fourth-order valence-corrected chi connectivity index (χ4v) is 6.66. The molecule has 0 aromatic carbocycles. The number of carbonyl (C=O) groups is 4. The zero-order valence-corrected chi connectivity index (χ0v) is 29.7. The Bertz CT molecular complexity index is 1350. The van der Waals surface area contributed by atoms with E-state index in [9.17, 15) is 34.5 Å². The summed E-state index contributed by atoms with van der Waals surface area (Å²) in [6.45, 7) is 15.1. The summed E-state index contributed by atoms with van der Waals surface area (Å²) in [6.07, 6.45) is -4.61. The average Bonchev–Trinajstić information content (AvgIpc) is 3.01. The first-order chi connectivity index (χ1) is 22.2. The summed E-state index contributed by atoms with van der Waals surface area (Å²) < 4.78 is 35.0. The third-order valence-electron chi connectivity index (χ3n) is 10.1. The maximum absolute atomic E-state index is 13.1. The average molecular weight is 681 g/mol. The Morgan fingerprint density at radius 3 is 1.96 bits per heavy atom. The first-order valence-electron chi connectivity index (χ1n) is 16.4. The highest BCUT2D eigenvalue weighted by Crippen LogP contribution is 2.55. The molecule has 2 fully saturated rings. The molecule has 270 valence electrons. The predicted octanol–water partition coefficient (Wildman–Crippen LogP) is 3.12. The standard InChI is InChI=1S/C35H52O13/c1-11-18(3)30(40)46-26-20(5)44-32(28(27(26)45-22(7)37)47-31(41)19(4)12-2)48-33(8,9)35(42)16-15-34(10)14-13-24(38)23(17-43-21(6)36)25(34)29(35)39/h11-12,20,24,26-29,32,38-39,42H,13-17H2,1-10H3. The van der Waals surface area contributed by atoms with Crippen LogP contribution < -0.4 is 0 Å². The van der Waals surface area contributed by atoms with E-state index in [1.54, 1.807) is 33.8 Å². The number of aliphatic hydroxyl groups is 3. The first-order valence-corrected chi connectivity index (χ1v) is 16.4. The molecule has 2 aliphatic carbocycles. The zero-order valence-electron chi connectivity index (χ0n) is 29.7. The van der Waals surface area contributed by atoms with E-state index in [0.29, 0.717) is 30.4 Å². The van der Waals surface area contributed by atoms with E-state index in [1.807, 2.05) is 6.92 Å². The topological polar surface area (TPSA) is 184 Å². The molecule has 13 nitrogen and oxygen atoms in total. The third-order valence-corrected chi connectivity index (χ3v) is 10.1. The van der Waals surface area contributed by atoms with Crippen LogP contribution in [0.15, 0.2) is 34.4 Å². The fraction of sp³-hybridized carbons (Fsp3) is 0.714. The van der Waals surface area contributed by atoms with Crippen LogP contribution in [0.5, 0.6) is 0 Å². The summed E-state index contributed by atoms with van der Waals surface area (Å²) in [4.78, 5) is 50.0. The van der Waals surface area contributed by atoms with Gasteiger partial charge in [0, 0.05) is 25.0 Å². The molecule has 1 saturated heterocycles. The monoisotopic (exact) mass is 680 g/mol. The van der Waals surface area contributed by atoms with E-state index in [-0.39, 0.29) is 24.2 Å². The molecule has 1 aliphatic heterocycles. The second-order valence-electron chi connectivity index (χ2n) is 13.8. The van der Waals surface area contributed by atoms with Gasteiger partial charge >= 0.3 is 23.9 Å². The molecule has 9 unspecified atom stereocenters. The number of ether oxygens (including phenoxy) is 6. The summed E-state index contributed by atoms with van der Waals surface area (Å²) in [5, 5.41) is 35.2. The smallest absolute Gasteiger partial charge is 0.333 e. The maximum Gasteiger partial charge on any atom is 0.333 e. The normalized spacial score (nSPS) is 34.6. The molecule has 48 heavy (non-hydrogen) atoms. The van der Waals surface area contributed by atoms with Crippen molar-refractivity contribution in [1.29, 1.82) is 0 Å². The van der Waals surface area contributed by atoms with Gasteiger partial charge in [-0.25, -0.2) is 9.59 Å². The maximum atomic E-state index is 13.1. The molecule has 0 amide bonds. The van der Waals surface area contributed by atoms with Crippen LogP contribution >= 0.6 is 0 Å². The van der Waals surface area contributed by atoms with Gasteiger partial charge in [0.15, 0.2) is 24.6 Å². The minimum absolute atomic E-state index is 0.0682. The summed E-state index contributed by atoms with van der Waals surface area (Å²) in [7, 11) is 0. The lowest BCUT2D eigenvalue weighted by molar-refractivity contribution is -0.345. The first kappa shape index (κ1) is 39.3. The quantitative estimate of drug-likeness (QED) is 0.132. The lowest BCUT2D eigenvalue weighted by Gasteiger charge is -2.56. The van der Waals surface area contributed by atoms with Crippen molar-refractivity contribution in [3.8, 4) is 0 Å². The summed E-state index contributed by atoms with van der Waals surface area (Å²) in [6, 6.07) is 0. The molecule has 3 N–H and O–H groups in total. The Morgan fingerprint density at radius 1 is 0.875 bits per heavy atom. The van der Waals surface area contributed by atoms with Crippen LogP contribution in [0.4, 0.5) is 0 Å². The van der Waals surface area contributed by atoms with Crippen LogP contribution in [0, 0.1) is 5.41 Å². The highest BCUT2D eigenvalue weighted by Gasteiger charge is 2.61. The van der Waals surface area contributed by atoms with Crippen molar-refractivity contribution in [2.75, 3.05) is 6.61 Å². The Morgan fingerprint density at radius 2 is 1.44 bits per heavy atom. The van der Waals surface area contributed by atoms with E-state index < -0.39 is 83.4 Å². The van der Waals surface area contributed by atoms with Crippen LogP contribution in [0.2, 0.25) is 0 Å². The minimum atomic E-state index is -2.00. The van der Waals surface area contributed by atoms with Gasteiger partial charge in [0.2, 0.25) is 0 Å². The molecule has 0 bridgehead atoms. The van der Waals surface area contributed by atoms with Gasteiger partial charge in [-0.2, -0.15) is 0 Å². The van der Waals surface area contributed by atoms with Crippen molar-refractivity contribution in [2.24, 2.45) is 5.41 Å². The molecule has 0 radical (unpaired) electrons. The molecule has 13 heteroatoms. The third kappa shape index (κ3) is 8.02. The van der Waals surface area contributed by atoms with Crippen LogP contribution in [-0.2, 0) is 47.6 Å². The van der Waals surface area contributed by atoms with Gasteiger partial charge in [0.25, 0.3) is 0 Å². The number of fused-ring (bicyclic) bond motifs is 1. The van der Waals surface area contributed by atoms with E-state index in [1.165, 1.54) is 33.8 Å². The Kier molecular flexibility index (Phi) is 12.5. The molecule has 0 spiro atoms. The van der Waals surface area contributed by atoms with Gasteiger partial charge in [-0.1, -0.05) is 19.1 Å². The van der Waals surface area contributed by atoms with Crippen LogP contribution in [-0.4, -0.2) is 99.9 Å². The van der Waals surface area contributed by atoms with E-state index in [0.717, 1.165) is 6.92 Å². The van der Waals surface area contributed by atoms with Crippen molar-refractivity contribution < 1.29 is 62.9 Å². The summed E-state index contributed by atoms with van der Waals surface area (Å²) in [5.41, 5.74) is -3.02. The molecule has 1 saturated carbocycles. The van der Waals surface area contributed by atoms with Crippen molar-refractivity contribution in [2.45, 2.75) is 149 Å². The molecule has 9 atom stereocenters. The summed E-state index contributed by atoms with van der Waals surface area (Å²) >= 11 is 0. The van der Waals surface area contributed by atoms with E-state index in [4.69, 9.17) is 28.4 Å². The molecule has 0 aromatic rings. The van der Waals surface area contributed by atoms with Gasteiger partial charge in [0.1, 0.15) is 18.3 Å². The van der Waals surface area contributed by atoms with Crippen molar-refractivity contribution in [1.82, 2.24) is 0 Å². The molecule has 1 heterocycles. The van der Waals surface area contributed by atoms with Crippen LogP contribution in [0.3, 0.4) is 0 Å². The molecular formula is C35H52O13. The minimum Gasteiger partial charge on any atom is -0.461 e. The second-order valence-corrected chi connectivity index (χ2v) is 13.8. The van der Waals surface area contributed by atoms with Crippen molar-refractivity contribution in [3.63, 3.8) is 0 Å². The number of hydrogen-bond donors (Lipinski definition) is 3. The molecular weight excluding hydrogens is 628 g/mol. The fourth-order valence-electron chi connectivity index (χ4n) is 6.66. The largest absolute Gasteiger partial charge is 0.461 e. The van der Waals surface area contributed by atoms with Gasteiger partial charge in [-0.15, -0.1) is 0 Å². The zero-order chi connectivity index (χ0) is 36.4. The molecule has 3 aliphatic rings. The van der Waals surface area contributed by atoms with Gasteiger partial charge < -0.3 is 43.7 Å². The number of allylic oxidation sites excluding steroid dienone is 2. The number of hydrogen-bond acceptors (Lipinski definition) is 13. The highest BCUT2D eigenvalue weighted by atomic mass is 16.7. The SMILES string of the molecule is CC=C(C)C(=O)OC1C(C)OC(OC(C)(C)C2(O)CCC3(C)CCC(O)C(COC(C)=O)=C3C2O)C(OC(=O)C(C)=CC)C1OC(C)=O. The lowest BCUT2D eigenvalue weighted by atomic mass is 9.56. The van der Waals surface area contributed by atoms with Gasteiger partial charge in [-0.05, 0) is 90.7 Å². The number of esters is 4. The number of aliphatic hydroxyl groups excluding tert-OH is 2. The predicted molar refractivity (Wildman–Crippen MR) is 171 cm³/mol. The van der Waals surface area contributed by atoms with Gasteiger partial charge in [-0.3, -0.25) is 9.59 Å². The lowest BCUT2D eigenvalue weighted by Crippen LogP contribution is -2.68. The number of carbonyl (C=O) groups excluding carboxylic acids is 4. The Balaban J connectivity index is 2.08. The number of rotatable bonds is 10. The Labute approximate surface area is 282 Å².